The summed E-state index contributed by atoms with van der Waals surface area (Å²) in [6, 6.07) is 5.86. The number of anilines is 3. The number of rotatable bonds is 5. The van der Waals surface area contributed by atoms with Crippen molar-refractivity contribution in [3.63, 3.8) is 0 Å². The van der Waals surface area contributed by atoms with Crippen LogP contribution in [0.3, 0.4) is 0 Å². The van der Waals surface area contributed by atoms with E-state index in [1.807, 2.05) is 18.2 Å². The number of primary amides is 1. The maximum Gasteiger partial charge on any atom is 0.254 e. The Labute approximate surface area is 138 Å². The largest absolute Gasteiger partial charge is 0.486 e. The molecule has 0 saturated heterocycles. The zero-order valence-electron chi connectivity index (χ0n) is 12.9. The lowest BCUT2D eigenvalue weighted by Gasteiger charge is -2.19. The normalized spacial score (nSPS) is 15.7. The van der Waals surface area contributed by atoms with E-state index in [0.29, 0.717) is 42.5 Å². The lowest BCUT2D eigenvalue weighted by molar-refractivity contribution is 0.100. The molecule has 24 heavy (non-hydrogen) atoms. The van der Waals surface area contributed by atoms with Crippen LogP contribution in [0.5, 0.6) is 11.5 Å². The van der Waals surface area contributed by atoms with Gasteiger partial charge < -0.3 is 25.8 Å². The third-order valence-electron chi connectivity index (χ3n) is 3.77. The maximum absolute atomic E-state index is 11.5. The predicted octanol–water partition coefficient (Wildman–Crippen LogP) is 1.66. The van der Waals surface area contributed by atoms with Crippen molar-refractivity contribution < 1.29 is 14.3 Å². The predicted molar refractivity (Wildman–Crippen MR) is 87.9 cm³/mol. The molecule has 1 fully saturated rings. The number of aromatic nitrogens is 2. The topological polar surface area (TPSA) is 111 Å². The van der Waals surface area contributed by atoms with Gasteiger partial charge in [-0.25, -0.2) is 4.98 Å². The molecule has 0 spiro atoms. The van der Waals surface area contributed by atoms with Gasteiger partial charge in [0.1, 0.15) is 19.0 Å². The van der Waals surface area contributed by atoms with E-state index in [1.165, 1.54) is 6.20 Å². The first-order chi connectivity index (χ1) is 11.7. The number of hydrogen-bond acceptors (Lipinski definition) is 7. The Bertz CT molecular complexity index is 791. The van der Waals surface area contributed by atoms with Gasteiger partial charge in [0.15, 0.2) is 11.5 Å². The number of fused-ring (bicyclic) bond motifs is 1. The van der Waals surface area contributed by atoms with Crippen LogP contribution in [-0.2, 0) is 0 Å². The van der Waals surface area contributed by atoms with Crippen LogP contribution in [-0.4, -0.2) is 35.1 Å². The van der Waals surface area contributed by atoms with Crippen molar-refractivity contribution in [2.45, 2.75) is 18.9 Å². The Kier molecular flexibility index (Phi) is 3.56. The second-order valence-electron chi connectivity index (χ2n) is 5.72. The number of carbonyl (C=O) groups excluding carboxylic acids is 1. The van der Waals surface area contributed by atoms with Crippen LogP contribution in [0.1, 0.15) is 23.2 Å². The van der Waals surface area contributed by atoms with Crippen LogP contribution < -0.4 is 25.8 Å². The molecular formula is C16H17N5O3. The molecule has 2 aliphatic rings. The molecule has 124 valence electrons. The Morgan fingerprint density at radius 3 is 2.75 bits per heavy atom. The van der Waals surface area contributed by atoms with Crippen LogP contribution in [0.4, 0.5) is 17.5 Å². The van der Waals surface area contributed by atoms with Crippen molar-refractivity contribution in [2.24, 2.45) is 5.73 Å². The van der Waals surface area contributed by atoms with Crippen LogP contribution in [0.15, 0.2) is 24.4 Å². The molecule has 8 heteroatoms. The molecule has 4 N–H and O–H groups in total. The van der Waals surface area contributed by atoms with Crippen molar-refractivity contribution in [1.29, 1.82) is 0 Å². The zero-order valence-corrected chi connectivity index (χ0v) is 12.9. The summed E-state index contributed by atoms with van der Waals surface area (Å²) in [5, 5.41) is 6.31. The van der Waals surface area contributed by atoms with Crippen molar-refractivity contribution in [3.05, 3.63) is 30.0 Å². The quantitative estimate of drug-likeness (QED) is 0.766. The van der Waals surface area contributed by atoms with Crippen molar-refractivity contribution >= 4 is 23.4 Å². The molecule has 0 bridgehead atoms. The Morgan fingerprint density at radius 1 is 1.21 bits per heavy atom. The summed E-state index contributed by atoms with van der Waals surface area (Å²) in [7, 11) is 0. The van der Waals surface area contributed by atoms with Gasteiger partial charge in [-0.1, -0.05) is 0 Å². The number of nitrogens with two attached hydrogens (primary N) is 1. The second kappa shape index (κ2) is 5.88. The standard InChI is InChI=1S/C16H17N5O3/c17-14(22)11-8-18-16(21-15(11)19-9-1-2-9)20-10-3-4-12-13(7-10)24-6-5-23-12/h3-4,7-9H,1-2,5-6H2,(H2,17,22)(H2,18,19,20,21). The SMILES string of the molecule is NC(=O)c1cnc(Nc2ccc3c(c2)OCCO3)nc1NC1CC1. The molecule has 0 atom stereocenters. The minimum absolute atomic E-state index is 0.287. The van der Waals surface area contributed by atoms with Gasteiger partial charge in [0, 0.05) is 24.0 Å². The number of carbonyl (C=O) groups is 1. The van der Waals surface area contributed by atoms with E-state index in [0.717, 1.165) is 18.5 Å². The van der Waals surface area contributed by atoms with Gasteiger partial charge in [-0.05, 0) is 25.0 Å². The molecule has 1 saturated carbocycles. The van der Waals surface area contributed by atoms with Crippen LogP contribution in [0.2, 0.25) is 0 Å². The van der Waals surface area contributed by atoms with E-state index in [-0.39, 0.29) is 5.56 Å². The number of benzene rings is 1. The lowest BCUT2D eigenvalue weighted by atomic mass is 10.2. The van der Waals surface area contributed by atoms with E-state index in [2.05, 4.69) is 20.6 Å². The first-order valence-corrected chi connectivity index (χ1v) is 7.79. The summed E-state index contributed by atoms with van der Waals surface area (Å²) < 4.78 is 11.1. The number of ether oxygens (including phenoxy) is 2. The van der Waals surface area contributed by atoms with Crippen molar-refractivity contribution in [2.75, 3.05) is 23.8 Å². The third-order valence-corrected chi connectivity index (χ3v) is 3.77. The summed E-state index contributed by atoms with van der Waals surface area (Å²) in [6.07, 6.45) is 3.56. The minimum Gasteiger partial charge on any atom is -0.486 e. The van der Waals surface area contributed by atoms with Crippen molar-refractivity contribution in [1.82, 2.24) is 9.97 Å². The molecule has 0 unspecified atom stereocenters. The highest BCUT2D eigenvalue weighted by Gasteiger charge is 2.24. The molecule has 1 aromatic carbocycles. The van der Waals surface area contributed by atoms with Crippen LogP contribution in [0, 0.1) is 0 Å². The van der Waals surface area contributed by atoms with Gasteiger partial charge in [-0.2, -0.15) is 4.98 Å². The number of nitrogens with zero attached hydrogens (tertiary/aromatic N) is 2. The lowest BCUT2D eigenvalue weighted by Crippen LogP contribution is -2.18. The maximum atomic E-state index is 11.5. The van der Waals surface area contributed by atoms with E-state index in [1.54, 1.807) is 0 Å². The van der Waals surface area contributed by atoms with Gasteiger partial charge in [0.05, 0.1) is 5.56 Å². The smallest absolute Gasteiger partial charge is 0.254 e. The zero-order chi connectivity index (χ0) is 16.5. The third kappa shape index (κ3) is 3.03. The number of nitrogens with one attached hydrogen (secondary N) is 2. The fourth-order valence-electron chi connectivity index (χ4n) is 2.40. The second-order valence-corrected chi connectivity index (χ2v) is 5.72. The summed E-state index contributed by atoms with van der Waals surface area (Å²) in [4.78, 5) is 20.0. The molecule has 0 radical (unpaired) electrons. The Hall–Kier alpha value is -3.03. The first kappa shape index (κ1) is 14.6. The van der Waals surface area contributed by atoms with Gasteiger partial charge in [0.2, 0.25) is 5.95 Å². The average Bonchev–Trinajstić information content (AvgIpc) is 3.39. The van der Waals surface area contributed by atoms with Crippen molar-refractivity contribution in [3.8, 4) is 11.5 Å². The van der Waals surface area contributed by atoms with E-state index >= 15 is 0 Å². The highest BCUT2D eigenvalue weighted by Crippen LogP contribution is 2.33. The first-order valence-electron chi connectivity index (χ1n) is 7.79. The summed E-state index contributed by atoms with van der Waals surface area (Å²) in [5.41, 5.74) is 6.43. The van der Waals surface area contributed by atoms with Gasteiger partial charge >= 0.3 is 0 Å². The van der Waals surface area contributed by atoms with Gasteiger partial charge in [-0.3, -0.25) is 4.79 Å². The van der Waals surface area contributed by atoms with Gasteiger partial charge in [-0.15, -0.1) is 0 Å². The van der Waals surface area contributed by atoms with Crippen LogP contribution >= 0.6 is 0 Å². The molecule has 4 rings (SSSR count). The van der Waals surface area contributed by atoms with Gasteiger partial charge in [0.25, 0.3) is 5.91 Å². The van der Waals surface area contributed by atoms with Crippen LogP contribution in [0.25, 0.3) is 0 Å². The molecule has 8 nitrogen and oxygen atoms in total. The molecule has 1 aliphatic heterocycles. The molecule has 2 aromatic rings. The Morgan fingerprint density at radius 2 is 2.00 bits per heavy atom. The monoisotopic (exact) mass is 327 g/mol. The van der Waals surface area contributed by atoms with E-state index in [4.69, 9.17) is 15.2 Å². The summed E-state index contributed by atoms with van der Waals surface area (Å²) in [6.45, 7) is 1.07. The minimum atomic E-state index is -0.552. The fraction of sp³-hybridized carbons (Fsp3) is 0.312. The molecular weight excluding hydrogens is 310 g/mol. The fourth-order valence-corrected chi connectivity index (χ4v) is 2.40. The highest BCUT2D eigenvalue weighted by molar-refractivity contribution is 5.97. The number of amides is 1. The highest BCUT2D eigenvalue weighted by atomic mass is 16.6. The molecule has 1 aromatic heterocycles. The average molecular weight is 327 g/mol. The Balaban J connectivity index is 1.58. The molecule has 2 heterocycles. The van der Waals surface area contributed by atoms with E-state index in [9.17, 15) is 4.79 Å². The molecule has 1 amide bonds. The van der Waals surface area contributed by atoms with E-state index < -0.39 is 5.91 Å². The summed E-state index contributed by atoms with van der Waals surface area (Å²) in [5.74, 6) is 1.67. The molecule has 1 aliphatic carbocycles. The number of hydrogen-bond donors (Lipinski definition) is 3. The summed E-state index contributed by atoms with van der Waals surface area (Å²) >= 11 is 0.